The molecule has 0 spiro atoms. The second kappa shape index (κ2) is 4.64. The summed E-state index contributed by atoms with van der Waals surface area (Å²) < 4.78 is 0. The molecular formula is C12H26N3+3. The summed E-state index contributed by atoms with van der Waals surface area (Å²) in [7, 11) is 4.59. The van der Waals surface area contributed by atoms with Crippen molar-refractivity contribution in [2.45, 2.75) is 12.5 Å². The quantitative estimate of drug-likeness (QED) is 0.370. The maximum atomic E-state index is 4.29. The summed E-state index contributed by atoms with van der Waals surface area (Å²) >= 11 is 0. The zero-order valence-electron chi connectivity index (χ0n) is 10.2. The van der Waals surface area contributed by atoms with Crippen LogP contribution in [0.4, 0.5) is 0 Å². The molecule has 2 fully saturated rings. The molecule has 86 valence electrons. The van der Waals surface area contributed by atoms with E-state index in [4.69, 9.17) is 0 Å². The molecule has 0 aromatic carbocycles. The summed E-state index contributed by atoms with van der Waals surface area (Å²) in [6.45, 7) is 12.2. The van der Waals surface area contributed by atoms with E-state index in [2.05, 4.69) is 20.7 Å². The molecule has 15 heavy (non-hydrogen) atoms. The van der Waals surface area contributed by atoms with Crippen LogP contribution >= 0.6 is 0 Å². The molecule has 2 saturated heterocycles. The van der Waals surface area contributed by atoms with Gasteiger partial charge in [0.05, 0.1) is 27.1 Å². The van der Waals surface area contributed by atoms with Crippen LogP contribution in [0.2, 0.25) is 0 Å². The molecule has 2 rings (SSSR count). The Morgan fingerprint density at radius 1 is 1.00 bits per heavy atom. The molecule has 0 aromatic heterocycles. The molecule has 3 nitrogen and oxygen atoms in total. The summed E-state index contributed by atoms with van der Waals surface area (Å²) in [5, 5.41) is 0. The molecule has 2 aliphatic rings. The Labute approximate surface area is 93.3 Å². The normalized spacial score (nSPS) is 42.9. The number of nitrogens with one attached hydrogen (secondary N) is 3. The third kappa shape index (κ3) is 2.60. The van der Waals surface area contributed by atoms with Crippen molar-refractivity contribution >= 4 is 0 Å². The van der Waals surface area contributed by atoms with E-state index >= 15 is 0 Å². The molecule has 2 aliphatic heterocycles. The van der Waals surface area contributed by atoms with Crippen LogP contribution in [0.3, 0.4) is 0 Å². The number of likely N-dealkylation sites (tertiary alicyclic amines) is 1. The van der Waals surface area contributed by atoms with E-state index in [0.717, 1.165) is 6.04 Å². The predicted molar refractivity (Wildman–Crippen MR) is 61.5 cm³/mol. The minimum atomic E-state index is 0.766. The highest BCUT2D eigenvalue weighted by atomic mass is 15.3. The van der Waals surface area contributed by atoms with E-state index in [1.54, 1.807) is 14.7 Å². The third-order valence-electron chi connectivity index (χ3n) is 4.12. The molecule has 3 heteroatoms. The van der Waals surface area contributed by atoms with Crippen molar-refractivity contribution in [3.8, 4) is 0 Å². The fraction of sp³-hybridized carbons (Fsp3) is 0.833. The molecular weight excluding hydrogens is 186 g/mol. The van der Waals surface area contributed by atoms with E-state index in [9.17, 15) is 0 Å². The molecule has 0 bridgehead atoms. The molecule has 0 aromatic rings. The monoisotopic (exact) mass is 212 g/mol. The number of piperazine rings is 1. The van der Waals surface area contributed by atoms with Crippen LogP contribution in [0.1, 0.15) is 6.42 Å². The maximum absolute atomic E-state index is 4.29. The standard InChI is InChI=1S/C12H23N3/c1-11-10-14(3)5-4-12(11)15-8-6-13(2)7-9-15/h12H,1,4-10H2,2-3H3/p+3. The predicted octanol–water partition coefficient (Wildman–Crippen LogP) is -3.76. The summed E-state index contributed by atoms with van der Waals surface area (Å²) in [5.41, 5.74) is 1.49. The van der Waals surface area contributed by atoms with Gasteiger partial charge in [0.15, 0.2) is 0 Å². The first-order chi connectivity index (χ1) is 7.16. The smallest absolute Gasteiger partial charge is 0.127 e. The second-order valence-electron chi connectivity index (χ2n) is 5.50. The Morgan fingerprint density at radius 3 is 2.27 bits per heavy atom. The van der Waals surface area contributed by atoms with Gasteiger partial charge in [-0.3, -0.25) is 0 Å². The van der Waals surface area contributed by atoms with Gasteiger partial charge in [-0.1, -0.05) is 6.58 Å². The molecule has 2 atom stereocenters. The molecule has 0 aliphatic carbocycles. The molecule has 0 amide bonds. The van der Waals surface area contributed by atoms with Gasteiger partial charge in [-0.2, -0.15) is 0 Å². The highest BCUT2D eigenvalue weighted by Gasteiger charge is 2.34. The van der Waals surface area contributed by atoms with Crippen molar-refractivity contribution < 1.29 is 14.7 Å². The zero-order chi connectivity index (χ0) is 10.8. The maximum Gasteiger partial charge on any atom is 0.127 e. The van der Waals surface area contributed by atoms with Crippen LogP contribution in [-0.4, -0.2) is 59.4 Å². The van der Waals surface area contributed by atoms with Gasteiger partial charge in [0.2, 0.25) is 0 Å². The van der Waals surface area contributed by atoms with Gasteiger partial charge in [0.25, 0.3) is 0 Å². The van der Waals surface area contributed by atoms with Gasteiger partial charge in [-0.25, -0.2) is 0 Å². The number of rotatable bonds is 1. The third-order valence-corrected chi connectivity index (χ3v) is 4.12. The topological polar surface area (TPSA) is 13.3 Å². The largest absolute Gasteiger partial charge is 0.333 e. The fourth-order valence-corrected chi connectivity index (χ4v) is 3.03. The average Bonchev–Trinajstić information content (AvgIpc) is 2.20. The van der Waals surface area contributed by atoms with Crippen molar-refractivity contribution in [3.05, 3.63) is 12.2 Å². The minimum absolute atomic E-state index is 0.766. The molecule has 2 heterocycles. The fourth-order valence-electron chi connectivity index (χ4n) is 3.03. The lowest BCUT2D eigenvalue weighted by Gasteiger charge is -2.37. The van der Waals surface area contributed by atoms with Gasteiger partial charge in [0.1, 0.15) is 38.8 Å². The highest BCUT2D eigenvalue weighted by Crippen LogP contribution is 2.01. The summed E-state index contributed by atoms with van der Waals surface area (Å²) in [5.74, 6) is 0. The number of hydrogen-bond donors (Lipinski definition) is 3. The first kappa shape index (κ1) is 11.1. The lowest BCUT2D eigenvalue weighted by molar-refractivity contribution is -1.02. The van der Waals surface area contributed by atoms with Crippen molar-refractivity contribution in [2.75, 3.05) is 53.4 Å². The van der Waals surface area contributed by atoms with Crippen LogP contribution < -0.4 is 14.7 Å². The van der Waals surface area contributed by atoms with Crippen LogP contribution in [-0.2, 0) is 0 Å². The minimum Gasteiger partial charge on any atom is -0.333 e. The van der Waals surface area contributed by atoms with Crippen LogP contribution in [0, 0.1) is 0 Å². The van der Waals surface area contributed by atoms with E-state index in [0.29, 0.717) is 0 Å². The Morgan fingerprint density at radius 2 is 1.67 bits per heavy atom. The Hall–Kier alpha value is -0.380. The molecule has 3 N–H and O–H groups in total. The van der Waals surface area contributed by atoms with E-state index in [1.165, 1.54) is 51.3 Å². The van der Waals surface area contributed by atoms with E-state index < -0.39 is 0 Å². The summed E-state index contributed by atoms with van der Waals surface area (Å²) in [6.07, 6.45) is 1.35. The van der Waals surface area contributed by atoms with Crippen LogP contribution in [0.25, 0.3) is 0 Å². The van der Waals surface area contributed by atoms with Crippen molar-refractivity contribution in [1.29, 1.82) is 0 Å². The number of piperidine rings is 1. The Balaban J connectivity index is 1.90. The van der Waals surface area contributed by atoms with Gasteiger partial charge in [-0.15, -0.1) is 0 Å². The van der Waals surface area contributed by atoms with Crippen LogP contribution in [0.15, 0.2) is 12.2 Å². The number of likely N-dealkylation sites (N-methyl/N-ethyl adjacent to an activating group) is 2. The van der Waals surface area contributed by atoms with E-state index in [1.807, 2.05) is 0 Å². The number of hydrogen-bond acceptors (Lipinski definition) is 0. The Bertz CT molecular complexity index is 231. The zero-order valence-corrected chi connectivity index (χ0v) is 10.2. The van der Waals surface area contributed by atoms with Gasteiger partial charge in [0, 0.05) is 5.57 Å². The van der Waals surface area contributed by atoms with Gasteiger partial charge < -0.3 is 14.7 Å². The van der Waals surface area contributed by atoms with Crippen molar-refractivity contribution in [3.63, 3.8) is 0 Å². The van der Waals surface area contributed by atoms with E-state index in [-0.39, 0.29) is 0 Å². The van der Waals surface area contributed by atoms with Crippen molar-refractivity contribution in [1.82, 2.24) is 0 Å². The second-order valence-corrected chi connectivity index (χ2v) is 5.50. The number of quaternary nitrogens is 3. The highest BCUT2D eigenvalue weighted by molar-refractivity contribution is 5.03. The molecule has 0 saturated carbocycles. The summed E-state index contributed by atoms with van der Waals surface area (Å²) in [4.78, 5) is 5.14. The first-order valence-electron chi connectivity index (χ1n) is 6.31. The SMILES string of the molecule is C=C1C[NH+](C)CCC1[NH+]1CC[NH+](C)CC1. The Kier molecular flexibility index (Phi) is 3.44. The van der Waals surface area contributed by atoms with Crippen LogP contribution in [0.5, 0.6) is 0 Å². The van der Waals surface area contributed by atoms with Crippen molar-refractivity contribution in [2.24, 2.45) is 0 Å². The average molecular weight is 212 g/mol. The lowest BCUT2D eigenvalue weighted by atomic mass is 9.98. The van der Waals surface area contributed by atoms with Gasteiger partial charge in [-0.05, 0) is 0 Å². The summed E-state index contributed by atoms with van der Waals surface area (Å²) in [6, 6.07) is 0.766. The first-order valence-corrected chi connectivity index (χ1v) is 6.31. The molecule has 0 radical (unpaired) electrons. The lowest BCUT2D eigenvalue weighted by Crippen LogP contribution is -3.29. The molecule has 2 unspecified atom stereocenters. The van der Waals surface area contributed by atoms with Gasteiger partial charge >= 0.3 is 0 Å².